The Bertz CT molecular complexity index is 561. The van der Waals surface area contributed by atoms with E-state index < -0.39 is 36.2 Å². The summed E-state index contributed by atoms with van der Waals surface area (Å²) in [6, 6.07) is 6.22. The highest BCUT2D eigenvalue weighted by atomic mass is 32.2. The van der Waals surface area contributed by atoms with Gasteiger partial charge in [-0.15, -0.1) is 11.8 Å². The smallest absolute Gasteiger partial charge is 0.326 e. The van der Waals surface area contributed by atoms with E-state index in [1.54, 1.807) is 11.8 Å². The number of nitrogens with two attached hydrogens (primary N) is 1. The van der Waals surface area contributed by atoms with E-state index in [4.69, 9.17) is 10.8 Å². The molecule has 0 bridgehead atoms. The molecule has 6 nitrogen and oxygen atoms in total. The van der Waals surface area contributed by atoms with Crippen LogP contribution in [0.1, 0.15) is 17.9 Å². The number of carbonyl (C=O) groups excluding carboxylic acids is 2. The van der Waals surface area contributed by atoms with Crippen molar-refractivity contribution in [2.75, 3.05) is 5.75 Å². The Kier molecular flexibility index (Phi) is 4.29. The van der Waals surface area contributed by atoms with Gasteiger partial charge in [0.2, 0.25) is 11.8 Å². The lowest BCUT2D eigenvalue weighted by atomic mass is 10.00. The van der Waals surface area contributed by atoms with Gasteiger partial charge in [-0.05, 0) is 11.6 Å². The summed E-state index contributed by atoms with van der Waals surface area (Å²) in [7, 11) is 0. The number of aliphatic carboxylic acids is 1. The van der Waals surface area contributed by atoms with Gasteiger partial charge in [-0.25, -0.2) is 4.79 Å². The Hall–Kier alpha value is -2.02. The molecular formula is C13H14N2O4S. The quantitative estimate of drug-likeness (QED) is 0.724. The van der Waals surface area contributed by atoms with Gasteiger partial charge < -0.3 is 16.2 Å². The summed E-state index contributed by atoms with van der Waals surface area (Å²) in [6.45, 7) is 0. The highest BCUT2D eigenvalue weighted by molar-refractivity contribution is 7.99. The molecule has 1 aromatic rings. The van der Waals surface area contributed by atoms with Crippen molar-refractivity contribution in [3.8, 4) is 0 Å². The Morgan fingerprint density at radius 3 is 2.75 bits per heavy atom. The summed E-state index contributed by atoms with van der Waals surface area (Å²) in [5.41, 5.74) is 5.87. The van der Waals surface area contributed by atoms with Crippen LogP contribution in [0, 0.1) is 0 Å². The number of carboxylic acids is 1. The van der Waals surface area contributed by atoms with Crippen molar-refractivity contribution in [1.29, 1.82) is 0 Å². The average molecular weight is 294 g/mol. The van der Waals surface area contributed by atoms with Crippen molar-refractivity contribution in [3.05, 3.63) is 29.8 Å². The highest BCUT2D eigenvalue weighted by Gasteiger charge is 2.32. The van der Waals surface area contributed by atoms with Crippen LogP contribution in [0.5, 0.6) is 0 Å². The van der Waals surface area contributed by atoms with E-state index in [1.807, 2.05) is 24.3 Å². The first-order valence-corrected chi connectivity index (χ1v) is 7.01. The van der Waals surface area contributed by atoms with Crippen LogP contribution in [0.4, 0.5) is 0 Å². The number of thioether (sulfide) groups is 1. The second-order valence-electron chi connectivity index (χ2n) is 4.47. The summed E-state index contributed by atoms with van der Waals surface area (Å²) >= 11 is 1.55. The Balaban J connectivity index is 2.09. The van der Waals surface area contributed by atoms with E-state index in [1.165, 1.54) is 0 Å². The predicted octanol–water partition coefficient (Wildman–Crippen LogP) is 0.321. The molecule has 0 spiro atoms. The van der Waals surface area contributed by atoms with Gasteiger partial charge >= 0.3 is 5.97 Å². The molecule has 4 N–H and O–H groups in total. The van der Waals surface area contributed by atoms with Crippen LogP contribution >= 0.6 is 11.8 Å². The topological polar surface area (TPSA) is 109 Å². The predicted molar refractivity (Wildman–Crippen MR) is 73.3 cm³/mol. The summed E-state index contributed by atoms with van der Waals surface area (Å²) < 4.78 is 0. The molecule has 1 aliphatic rings. The molecule has 7 heteroatoms. The van der Waals surface area contributed by atoms with Crippen LogP contribution in [-0.2, 0) is 14.4 Å². The van der Waals surface area contributed by atoms with E-state index in [0.717, 1.165) is 10.5 Å². The largest absolute Gasteiger partial charge is 0.480 e. The minimum atomic E-state index is -1.28. The number of nitrogens with one attached hydrogen (secondary N) is 1. The molecule has 1 aliphatic heterocycles. The number of carboxylic acid groups (broad SMARTS) is 1. The van der Waals surface area contributed by atoms with Gasteiger partial charge in [0.15, 0.2) is 0 Å². The second-order valence-corrected chi connectivity index (χ2v) is 5.53. The van der Waals surface area contributed by atoms with Crippen LogP contribution in [0.2, 0.25) is 0 Å². The molecule has 0 aromatic heterocycles. The fourth-order valence-corrected chi connectivity index (χ4v) is 3.28. The van der Waals surface area contributed by atoms with Gasteiger partial charge in [-0.1, -0.05) is 18.2 Å². The van der Waals surface area contributed by atoms with Crippen molar-refractivity contribution < 1.29 is 19.5 Å². The number of carbonyl (C=O) groups is 3. The van der Waals surface area contributed by atoms with Crippen LogP contribution in [0.15, 0.2) is 29.2 Å². The molecule has 20 heavy (non-hydrogen) atoms. The number of fused-ring (bicyclic) bond motifs is 1. The first kappa shape index (κ1) is 14.4. The van der Waals surface area contributed by atoms with E-state index in [0.29, 0.717) is 5.75 Å². The zero-order valence-corrected chi connectivity index (χ0v) is 11.4. The number of rotatable bonds is 5. The second kappa shape index (κ2) is 5.96. The number of amides is 2. The third-order valence-electron chi connectivity index (χ3n) is 3.04. The molecule has 2 amide bonds. The third kappa shape index (κ3) is 3.11. The molecule has 1 heterocycles. The maximum atomic E-state index is 12.2. The van der Waals surface area contributed by atoms with Gasteiger partial charge in [0.1, 0.15) is 6.04 Å². The molecule has 2 atom stereocenters. The summed E-state index contributed by atoms with van der Waals surface area (Å²) in [6.07, 6.45) is -0.414. The van der Waals surface area contributed by atoms with Crippen LogP contribution in [0.3, 0.4) is 0 Å². The fourth-order valence-electron chi connectivity index (χ4n) is 2.05. The summed E-state index contributed by atoms with van der Waals surface area (Å²) in [5.74, 6) is -2.26. The lowest BCUT2D eigenvalue weighted by Crippen LogP contribution is -2.45. The first-order valence-electron chi connectivity index (χ1n) is 6.02. The van der Waals surface area contributed by atoms with Crippen molar-refractivity contribution in [2.45, 2.75) is 23.3 Å². The first-order chi connectivity index (χ1) is 9.49. The van der Waals surface area contributed by atoms with Gasteiger partial charge in [0, 0.05) is 10.6 Å². The molecule has 106 valence electrons. The zero-order valence-electron chi connectivity index (χ0n) is 10.5. The molecule has 0 saturated heterocycles. The number of hydrogen-bond donors (Lipinski definition) is 3. The molecule has 0 aliphatic carbocycles. The molecule has 0 fully saturated rings. The van der Waals surface area contributed by atoms with Crippen molar-refractivity contribution in [2.24, 2.45) is 5.73 Å². The SMILES string of the molecule is NC(=O)C[C@@H](NC(=O)C1CSc2ccccc21)C(=O)O. The van der Waals surface area contributed by atoms with Crippen molar-refractivity contribution in [1.82, 2.24) is 5.32 Å². The van der Waals surface area contributed by atoms with Crippen molar-refractivity contribution in [3.63, 3.8) is 0 Å². The van der Waals surface area contributed by atoms with E-state index in [9.17, 15) is 14.4 Å². The Morgan fingerprint density at radius 1 is 1.40 bits per heavy atom. The molecular weight excluding hydrogens is 280 g/mol. The minimum absolute atomic E-state index is 0.392. The van der Waals surface area contributed by atoms with Gasteiger partial charge in [-0.2, -0.15) is 0 Å². The Labute approximate surface area is 119 Å². The van der Waals surface area contributed by atoms with Gasteiger partial charge in [0.05, 0.1) is 12.3 Å². The minimum Gasteiger partial charge on any atom is -0.480 e. The molecule has 1 aromatic carbocycles. The number of benzene rings is 1. The lowest BCUT2D eigenvalue weighted by Gasteiger charge is -2.16. The molecule has 1 unspecified atom stereocenters. The normalized spacial score (nSPS) is 18.1. The fraction of sp³-hybridized carbons (Fsp3) is 0.308. The van der Waals surface area contributed by atoms with Crippen LogP contribution < -0.4 is 11.1 Å². The number of hydrogen-bond acceptors (Lipinski definition) is 4. The summed E-state index contributed by atoms with van der Waals surface area (Å²) in [4.78, 5) is 35.0. The van der Waals surface area contributed by atoms with E-state index in [2.05, 4.69) is 5.32 Å². The van der Waals surface area contributed by atoms with E-state index in [-0.39, 0.29) is 0 Å². The zero-order chi connectivity index (χ0) is 14.7. The molecule has 0 radical (unpaired) electrons. The van der Waals surface area contributed by atoms with Crippen molar-refractivity contribution >= 4 is 29.5 Å². The number of primary amides is 1. The Morgan fingerprint density at radius 2 is 2.10 bits per heavy atom. The van der Waals surface area contributed by atoms with Crippen LogP contribution in [-0.4, -0.2) is 34.7 Å². The van der Waals surface area contributed by atoms with Gasteiger partial charge in [0.25, 0.3) is 0 Å². The van der Waals surface area contributed by atoms with E-state index >= 15 is 0 Å². The van der Waals surface area contributed by atoms with Crippen LogP contribution in [0.25, 0.3) is 0 Å². The average Bonchev–Trinajstić information content (AvgIpc) is 2.81. The lowest BCUT2D eigenvalue weighted by molar-refractivity contribution is -0.143. The molecule has 0 saturated carbocycles. The van der Waals surface area contributed by atoms with Gasteiger partial charge in [-0.3, -0.25) is 9.59 Å². The third-order valence-corrected chi connectivity index (χ3v) is 4.22. The highest BCUT2D eigenvalue weighted by Crippen LogP contribution is 2.39. The monoisotopic (exact) mass is 294 g/mol. The maximum absolute atomic E-state index is 12.2. The standard InChI is InChI=1S/C13H14N2O4S/c14-11(16)5-9(13(18)19)15-12(17)8-6-20-10-4-2-1-3-7(8)10/h1-4,8-9H,5-6H2,(H2,14,16)(H,15,17)(H,18,19)/t8?,9-/m1/s1. The maximum Gasteiger partial charge on any atom is 0.326 e. The summed E-state index contributed by atoms with van der Waals surface area (Å²) in [5, 5.41) is 11.4. The molecule has 2 rings (SSSR count).